The molecule has 2 N–H and O–H groups in total. The summed E-state index contributed by atoms with van der Waals surface area (Å²) in [4.78, 5) is 24.4. The molecule has 0 aliphatic rings. The number of nitrogens with zero attached hydrogens (tertiary/aromatic N) is 1. The van der Waals surface area contributed by atoms with Crippen molar-refractivity contribution in [1.29, 1.82) is 0 Å². The summed E-state index contributed by atoms with van der Waals surface area (Å²) in [6, 6.07) is 15.2. The van der Waals surface area contributed by atoms with Gasteiger partial charge in [0.15, 0.2) is 6.10 Å². The molecule has 10 heteroatoms. The topological polar surface area (TPSA) is 128 Å². The Balaban J connectivity index is 1.71. The Bertz CT molecular complexity index is 1270. The fraction of sp³-hybridized carbons (Fsp3) is 0.190. The number of carbonyl (C=O) groups excluding carboxylic acids is 1. The number of non-ortho nitro benzene ring substituents is 1. The molecule has 3 rings (SSSR count). The number of carbonyl (C=O) groups is 1. The lowest BCUT2D eigenvalue weighted by Crippen LogP contribution is -2.47. The first-order chi connectivity index (χ1) is 14.6. The fourth-order valence-electron chi connectivity index (χ4n) is 2.97. The van der Waals surface area contributed by atoms with Crippen LogP contribution in [0.15, 0.2) is 59.5 Å². The molecule has 0 aromatic heterocycles. The van der Waals surface area contributed by atoms with E-state index >= 15 is 0 Å². The summed E-state index contributed by atoms with van der Waals surface area (Å²) in [5, 5.41) is 13.0. The quantitative estimate of drug-likeness (QED) is 0.426. The third kappa shape index (κ3) is 4.98. The normalized spacial score (nSPS) is 12.4. The highest BCUT2D eigenvalue weighted by Crippen LogP contribution is 2.25. The third-order valence-electron chi connectivity index (χ3n) is 4.82. The van der Waals surface area contributed by atoms with Crippen LogP contribution in [-0.4, -0.2) is 25.4 Å². The van der Waals surface area contributed by atoms with Gasteiger partial charge in [-0.3, -0.25) is 20.3 Å². The van der Waals surface area contributed by atoms with E-state index in [1.165, 1.54) is 19.9 Å². The van der Waals surface area contributed by atoms with Gasteiger partial charge in [-0.15, -0.1) is 4.83 Å². The lowest BCUT2D eigenvalue weighted by molar-refractivity contribution is -0.385. The average Bonchev–Trinajstić information content (AvgIpc) is 2.73. The van der Waals surface area contributed by atoms with Gasteiger partial charge in [0.1, 0.15) is 5.75 Å². The van der Waals surface area contributed by atoms with Crippen LogP contribution in [-0.2, 0) is 14.8 Å². The Morgan fingerprint density at radius 3 is 2.42 bits per heavy atom. The molecule has 0 radical (unpaired) electrons. The van der Waals surface area contributed by atoms with Crippen LogP contribution in [0.4, 0.5) is 5.69 Å². The van der Waals surface area contributed by atoms with Crippen molar-refractivity contribution in [3.8, 4) is 5.75 Å². The molecule has 0 saturated heterocycles. The molecule has 0 aliphatic carbocycles. The van der Waals surface area contributed by atoms with Crippen molar-refractivity contribution in [3.63, 3.8) is 0 Å². The molecule has 0 saturated carbocycles. The largest absolute Gasteiger partial charge is 0.481 e. The van der Waals surface area contributed by atoms with Crippen LogP contribution in [0.5, 0.6) is 5.75 Å². The van der Waals surface area contributed by atoms with Crippen molar-refractivity contribution in [2.75, 3.05) is 0 Å². The minimum Gasteiger partial charge on any atom is -0.481 e. The van der Waals surface area contributed by atoms with Gasteiger partial charge in [0, 0.05) is 12.1 Å². The van der Waals surface area contributed by atoms with Gasteiger partial charge in [0.05, 0.1) is 9.82 Å². The number of rotatable bonds is 7. The second-order valence-electron chi connectivity index (χ2n) is 7.01. The lowest BCUT2D eigenvalue weighted by atomic mass is 10.1. The third-order valence-corrected chi connectivity index (χ3v) is 6.19. The van der Waals surface area contributed by atoms with E-state index in [2.05, 4.69) is 5.43 Å². The second-order valence-corrected chi connectivity index (χ2v) is 8.66. The number of amides is 1. The summed E-state index contributed by atoms with van der Waals surface area (Å²) in [6.07, 6.45) is -1.00. The molecular weight excluding hydrogens is 422 g/mol. The number of hydrazine groups is 1. The summed E-state index contributed by atoms with van der Waals surface area (Å²) >= 11 is 0. The zero-order valence-corrected chi connectivity index (χ0v) is 17.9. The number of aryl methyl sites for hydroxylation is 1. The monoisotopic (exact) mass is 443 g/mol. The van der Waals surface area contributed by atoms with Gasteiger partial charge in [-0.2, -0.15) is 0 Å². The molecule has 0 spiro atoms. The Kier molecular flexibility index (Phi) is 6.23. The first kappa shape index (κ1) is 22.2. The van der Waals surface area contributed by atoms with E-state index in [1.54, 1.807) is 19.1 Å². The van der Waals surface area contributed by atoms with Crippen molar-refractivity contribution in [3.05, 3.63) is 75.8 Å². The van der Waals surface area contributed by atoms with Gasteiger partial charge < -0.3 is 4.74 Å². The number of ether oxygens (including phenoxy) is 1. The summed E-state index contributed by atoms with van der Waals surface area (Å²) in [5.41, 5.74) is 2.52. The standard InChI is InChI=1S/C21H21N3O6S/c1-13-10-18(24(26)27)12-20(14(13)2)31(28,29)23-22-21(25)15(3)30-19-9-8-16-6-4-5-7-17(16)11-19/h4-12,15,23H,1-3H3,(H,22,25)/t15-/m0/s1. The minimum absolute atomic E-state index is 0.289. The van der Waals surface area contributed by atoms with Crippen molar-refractivity contribution >= 4 is 32.4 Å². The van der Waals surface area contributed by atoms with E-state index in [0.29, 0.717) is 16.9 Å². The second kappa shape index (κ2) is 8.70. The highest BCUT2D eigenvalue weighted by Gasteiger charge is 2.24. The molecule has 9 nitrogen and oxygen atoms in total. The number of fused-ring (bicyclic) bond motifs is 1. The van der Waals surface area contributed by atoms with Crippen LogP contribution < -0.4 is 15.0 Å². The number of nitro groups is 1. The molecule has 31 heavy (non-hydrogen) atoms. The SMILES string of the molecule is Cc1cc([N+](=O)[O-])cc(S(=O)(=O)NNC(=O)[C@H](C)Oc2ccc3ccccc3c2)c1C. The molecular formula is C21H21N3O6S. The van der Waals surface area contributed by atoms with Crippen molar-refractivity contribution in [2.24, 2.45) is 0 Å². The fourth-order valence-corrected chi connectivity index (χ4v) is 4.15. The summed E-state index contributed by atoms with van der Waals surface area (Å²) in [7, 11) is -4.24. The molecule has 3 aromatic carbocycles. The number of hydrogen-bond acceptors (Lipinski definition) is 6. The maximum atomic E-state index is 12.6. The predicted molar refractivity (Wildman–Crippen MR) is 115 cm³/mol. The van der Waals surface area contributed by atoms with Crippen molar-refractivity contribution < 1.29 is 22.9 Å². The van der Waals surface area contributed by atoms with Gasteiger partial charge in [-0.05, 0) is 54.8 Å². The molecule has 0 unspecified atom stereocenters. The Hall–Kier alpha value is -3.50. The van der Waals surface area contributed by atoms with Gasteiger partial charge >= 0.3 is 0 Å². The molecule has 162 valence electrons. The number of hydrogen-bond donors (Lipinski definition) is 2. The number of nitro benzene ring substituents is 1. The van der Waals surface area contributed by atoms with Crippen molar-refractivity contribution in [2.45, 2.75) is 31.8 Å². The maximum absolute atomic E-state index is 12.6. The van der Waals surface area contributed by atoms with Crippen molar-refractivity contribution in [1.82, 2.24) is 10.3 Å². The molecule has 0 heterocycles. The van der Waals surface area contributed by atoms with E-state index < -0.39 is 27.0 Å². The lowest BCUT2D eigenvalue weighted by Gasteiger charge is -2.16. The molecule has 0 bridgehead atoms. The van der Waals surface area contributed by atoms with E-state index in [1.807, 2.05) is 35.2 Å². The molecule has 3 aromatic rings. The Morgan fingerprint density at radius 2 is 1.74 bits per heavy atom. The number of benzene rings is 3. The zero-order valence-electron chi connectivity index (χ0n) is 17.1. The van der Waals surface area contributed by atoms with Gasteiger partial charge in [0.25, 0.3) is 21.6 Å². The van der Waals surface area contributed by atoms with E-state index in [4.69, 9.17) is 4.74 Å². The van der Waals surface area contributed by atoms with Crippen LogP contribution in [0.25, 0.3) is 10.8 Å². The van der Waals surface area contributed by atoms with Gasteiger partial charge in [-0.1, -0.05) is 30.3 Å². The van der Waals surface area contributed by atoms with E-state index in [9.17, 15) is 23.3 Å². The summed E-state index contributed by atoms with van der Waals surface area (Å²) in [5.74, 6) is -0.272. The average molecular weight is 443 g/mol. The maximum Gasteiger partial charge on any atom is 0.275 e. The summed E-state index contributed by atoms with van der Waals surface area (Å²) < 4.78 is 30.9. The van der Waals surface area contributed by atoms with Crippen LogP contribution in [0.1, 0.15) is 18.1 Å². The van der Waals surface area contributed by atoms with Crippen LogP contribution in [0, 0.1) is 24.0 Å². The van der Waals surface area contributed by atoms with Crippen LogP contribution in [0.2, 0.25) is 0 Å². The predicted octanol–water partition coefficient (Wildman–Crippen LogP) is 3.14. The highest BCUT2D eigenvalue weighted by molar-refractivity contribution is 7.89. The zero-order chi connectivity index (χ0) is 22.8. The molecule has 1 amide bonds. The van der Waals surface area contributed by atoms with Crippen LogP contribution in [0.3, 0.4) is 0 Å². The smallest absolute Gasteiger partial charge is 0.275 e. The number of sulfonamides is 1. The van der Waals surface area contributed by atoms with Gasteiger partial charge in [0.2, 0.25) is 0 Å². The first-order valence-corrected chi connectivity index (χ1v) is 10.8. The highest BCUT2D eigenvalue weighted by atomic mass is 32.2. The molecule has 0 aliphatic heterocycles. The Morgan fingerprint density at radius 1 is 1.06 bits per heavy atom. The molecule has 1 atom stereocenters. The van der Waals surface area contributed by atoms with E-state index in [-0.39, 0.29) is 10.6 Å². The Labute approximate surface area is 179 Å². The molecule has 0 fully saturated rings. The van der Waals surface area contributed by atoms with E-state index in [0.717, 1.165) is 16.8 Å². The minimum atomic E-state index is -4.24. The number of nitrogens with one attached hydrogen (secondary N) is 2. The summed E-state index contributed by atoms with van der Waals surface area (Å²) in [6.45, 7) is 4.57. The first-order valence-electron chi connectivity index (χ1n) is 9.31. The van der Waals surface area contributed by atoms with Gasteiger partial charge in [-0.25, -0.2) is 8.42 Å². The van der Waals surface area contributed by atoms with Crippen LogP contribution >= 0.6 is 0 Å².